The van der Waals surface area contributed by atoms with Crippen molar-refractivity contribution in [3.8, 4) is 0 Å². The number of hydrogen-bond acceptors (Lipinski definition) is 3. The van der Waals surface area contributed by atoms with Crippen LogP contribution in [0.5, 0.6) is 0 Å². The van der Waals surface area contributed by atoms with Crippen molar-refractivity contribution in [2.24, 2.45) is 5.41 Å². The van der Waals surface area contributed by atoms with Gasteiger partial charge in [-0.1, -0.05) is 13.8 Å². The fourth-order valence-electron chi connectivity index (χ4n) is 1.64. The normalized spacial score (nSPS) is 21.3. The summed E-state index contributed by atoms with van der Waals surface area (Å²) in [6.45, 7) is 7.20. The van der Waals surface area contributed by atoms with Gasteiger partial charge in [-0.15, -0.1) is 0 Å². The van der Waals surface area contributed by atoms with Crippen LogP contribution >= 0.6 is 0 Å². The summed E-state index contributed by atoms with van der Waals surface area (Å²) in [6.07, 6.45) is 0.693. The molecule has 2 amide bonds. The van der Waals surface area contributed by atoms with E-state index in [9.17, 15) is 14.7 Å². The van der Waals surface area contributed by atoms with Crippen molar-refractivity contribution < 1.29 is 14.7 Å². The minimum atomic E-state index is -0.840. The number of rotatable bonds is 3. The molecule has 4 nitrogen and oxygen atoms in total. The van der Waals surface area contributed by atoms with Gasteiger partial charge in [-0.25, -0.2) is 0 Å². The fraction of sp³-hybridized carbons (Fsp3) is 0.818. The van der Waals surface area contributed by atoms with E-state index in [1.54, 1.807) is 27.7 Å². The Kier molecular flexibility index (Phi) is 2.92. The first kappa shape index (κ1) is 12.2. The van der Waals surface area contributed by atoms with E-state index >= 15 is 0 Å². The second-order valence-electron chi connectivity index (χ2n) is 5.47. The van der Waals surface area contributed by atoms with Crippen LogP contribution in [-0.2, 0) is 9.59 Å². The molecular formula is C11H19NO3. The Hall–Kier alpha value is -0.900. The lowest BCUT2D eigenvalue weighted by Gasteiger charge is -2.22. The third-order valence-electron chi connectivity index (χ3n) is 2.67. The Morgan fingerprint density at radius 3 is 2.27 bits per heavy atom. The highest BCUT2D eigenvalue weighted by Crippen LogP contribution is 2.31. The first-order chi connectivity index (χ1) is 6.63. The molecule has 86 valence electrons. The first-order valence-corrected chi connectivity index (χ1v) is 5.21. The Labute approximate surface area is 90.3 Å². The second-order valence-corrected chi connectivity index (χ2v) is 5.47. The van der Waals surface area contributed by atoms with Gasteiger partial charge in [-0.05, 0) is 20.3 Å². The minimum absolute atomic E-state index is 0.128. The maximum atomic E-state index is 11.8. The number of carbonyl (C=O) groups is 2. The molecule has 1 fully saturated rings. The third-order valence-corrected chi connectivity index (χ3v) is 2.67. The van der Waals surface area contributed by atoms with Crippen LogP contribution < -0.4 is 0 Å². The van der Waals surface area contributed by atoms with Crippen LogP contribution in [-0.4, -0.2) is 34.0 Å². The molecule has 15 heavy (non-hydrogen) atoms. The van der Waals surface area contributed by atoms with Gasteiger partial charge in [0.15, 0.2) is 0 Å². The summed E-state index contributed by atoms with van der Waals surface area (Å²) in [5, 5.41) is 9.53. The van der Waals surface area contributed by atoms with Crippen molar-refractivity contribution >= 4 is 11.8 Å². The van der Waals surface area contributed by atoms with E-state index < -0.39 is 11.0 Å². The SMILES string of the molecule is CC(C)(O)CCN1C(=O)CC(C)(C)C1=O. The predicted octanol–water partition coefficient (Wildman–Crippen LogP) is 0.933. The van der Waals surface area contributed by atoms with Crippen molar-refractivity contribution in [2.75, 3.05) is 6.54 Å². The van der Waals surface area contributed by atoms with Crippen molar-refractivity contribution in [2.45, 2.75) is 46.1 Å². The summed E-state index contributed by atoms with van der Waals surface area (Å²) in [6, 6.07) is 0. The van der Waals surface area contributed by atoms with Gasteiger partial charge >= 0.3 is 0 Å². The van der Waals surface area contributed by atoms with Gasteiger partial charge in [0.2, 0.25) is 11.8 Å². The van der Waals surface area contributed by atoms with Crippen molar-refractivity contribution in [3.63, 3.8) is 0 Å². The number of amides is 2. The van der Waals surface area contributed by atoms with E-state index in [4.69, 9.17) is 0 Å². The summed E-state index contributed by atoms with van der Waals surface area (Å²) >= 11 is 0. The average molecular weight is 213 g/mol. The van der Waals surface area contributed by atoms with Crippen LogP contribution in [0.2, 0.25) is 0 Å². The number of nitrogens with zero attached hydrogens (tertiary/aromatic N) is 1. The molecule has 0 saturated carbocycles. The second kappa shape index (κ2) is 3.59. The highest BCUT2D eigenvalue weighted by atomic mass is 16.3. The molecule has 0 aliphatic carbocycles. The zero-order valence-electron chi connectivity index (χ0n) is 9.83. The van der Waals surface area contributed by atoms with Gasteiger partial charge in [0, 0.05) is 13.0 Å². The van der Waals surface area contributed by atoms with E-state index in [2.05, 4.69) is 0 Å². The topological polar surface area (TPSA) is 57.6 Å². The molecule has 1 rings (SSSR count). The molecule has 0 aromatic heterocycles. The molecule has 0 unspecified atom stereocenters. The number of hydrogen-bond donors (Lipinski definition) is 1. The Morgan fingerprint density at radius 1 is 1.40 bits per heavy atom. The monoisotopic (exact) mass is 213 g/mol. The molecule has 1 saturated heterocycles. The molecule has 0 bridgehead atoms. The van der Waals surface area contributed by atoms with Gasteiger partial charge in [0.25, 0.3) is 0 Å². The molecule has 1 aliphatic heterocycles. The number of aliphatic hydroxyl groups is 1. The van der Waals surface area contributed by atoms with E-state index in [0.29, 0.717) is 13.0 Å². The van der Waals surface area contributed by atoms with Gasteiger partial charge in [-0.2, -0.15) is 0 Å². The van der Waals surface area contributed by atoms with E-state index in [-0.39, 0.29) is 18.2 Å². The Bertz CT molecular complexity index is 289. The predicted molar refractivity (Wildman–Crippen MR) is 56.0 cm³/mol. The molecule has 1 heterocycles. The van der Waals surface area contributed by atoms with Crippen LogP contribution in [0, 0.1) is 5.41 Å². The zero-order valence-corrected chi connectivity index (χ0v) is 9.83. The van der Waals surface area contributed by atoms with Crippen LogP contribution in [0.4, 0.5) is 0 Å². The molecule has 0 spiro atoms. The van der Waals surface area contributed by atoms with Crippen LogP contribution in [0.15, 0.2) is 0 Å². The highest BCUT2D eigenvalue weighted by molar-refractivity contribution is 6.05. The highest BCUT2D eigenvalue weighted by Gasteiger charge is 2.44. The standard InChI is InChI=1S/C11H19NO3/c1-10(2)7-8(13)12(9(10)14)6-5-11(3,4)15/h15H,5-7H2,1-4H3. The molecule has 0 radical (unpaired) electrons. The Morgan fingerprint density at radius 2 is 1.93 bits per heavy atom. The van der Waals surface area contributed by atoms with Gasteiger partial charge < -0.3 is 5.11 Å². The fourth-order valence-corrected chi connectivity index (χ4v) is 1.64. The number of imide groups is 1. The van der Waals surface area contributed by atoms with E-state index in [1.807, 2.05) is 0 Å². The van der Waals surface area contributed by atoms with Gasteiger partial charge in [0.05, 0.1) is 11.0 Å². The average Bonchev–Trinajstić information content (AvgIpc) is 2.18. The van der Waals surface area contributed by atoms with Crippen molar-refractivity contribution in [3.05, 3.63) is 0 Å². The van der Waals surface area contributed by atoms with Crippen LogP contribution in [0.25, 0.3) is 0 Å². The molecule has 0 aromatic rings. The quantitative estimate of drug-likeness (QED) is 0.710. The van der Waals surface area contributed by atoms with Crippen LogP contribution in [0.3, 0.4) is 0 Å². The summed E-state index contributed by atoms with van der Waals surface area (Å²) < 4.78 is 0. The summed E-state index contributed by atoms with van der Waals surface area (Å²) in [7, 11) is 0. The molecule has 1 aliphatic rings. The Balaban J connectivity index is 2.64. The smallest absolute Gasteiger partial charge is 0.235 e. The largest absolute Gasteiger partial charge is 0.390 e. The van der Waals surface area contributed by atoms with Gasteiger partial charge in [-0.3, -0.25) is 14.5 Å². The number of likely N-dealkylation sites (tertiary alicyclic amines) is 1. The van der Waals surface area contributed by atoms with E-state index in [1.165, 1.54) is 4.90 Å². The molecular weight excluding hydrogens is 194 g/mol. The minimum Gasteiger partial charge on any atom is -0.390 e. The lowest BCUT2D eigenvalue weighted by atomic mass is 9.92. The third kappa shape index (κ3) is 2.78. The van der Waals surface area contributed by atoms with Gasteiger partial charge in [0.1, 0.15) is 0 Å². The molecule has 0 aromatic carbocycles. The van der Waals surface area contributed by atoms with Crippen molar-refractivity contribution in [1.82, 2.24) is 4.90 Å². The molecule has 1 N–H and O–H groups in total. The first-order valence-electron chi connectivity index (χ1n) is 5.21. The lowest BCUT2D eigenvalue weighted by Crippen LogP contribution is -2.37. The maximum absolute atomic E-state index is 11.8. The summed E-state index contributed by atoms with van der Waals surface area (Å²) in [5.41, 5.74) is -1.41. The summed E-state index contributed by atoms with van der Waals surface area (Å²) in [4.78, 5) is 24.6. The zero-order chi connectivity index (χ0) is 11.9. The molecule has 4 heteroatoms. The van der Waals surface area contributed by atoms with Crippen molar-refractivity contribution in [1.29, 1.82) is 0 Å². The lowest BCUT2D eigenvalue weighted by molar-refractivity contribution is -0.141. The summed E-state index contributed by atoms with van der Waals surface area (Å²) in [5.74, 6) is -0.258. The molecule has 0 atom stereocenters. The van der Waals surface area contributed by atoms with E-state index in [0.717, 1.165) is 0 Å². The maximum Gasteiger partial charge on any atom is 0.235 e. The number of carbonyl (C=O) groups excluding carboxylic acids is 2. The van der Waals surface area contributed by atoms with Crippen LogP contribution in [0.1, 0.15) is 40.5 Å².